The lowest BCUT2D eigenvalue weighted by atomic mass is 9.97. The molecule has 0 aromatic heterocycles. The maximum Gasteiger partial charge on any atom is 0.408 e. The van der Waals surface area contributed by atoms with Gasteiger partial charge in [0.2, 0.25) is 11.8 Å². The average Bonchev–Trinajstić information content (AvgIpc) is 2.86. The lowest BCUT2D eigenvalue weighted by Crippen LogP contribution is -2.53. The Morgan fingerprint density at radius 2 is 1.59 bits per heavy atom. The zero-order valence-electron chi connectivity index (χ0n) is 25.2. The van der Waals surface area contributed by atoms with Gasteiger partial charge in [0.15, 0.2) is 0 Å². The number of nitrogens with zero attached hydrogens (tertiary/aromatic N) is 1. The van der Waals surface area contributed by atoms with E-state index in [0.29, 0.717) is 23.4 Å². The first-order valence-corrected chi connectivity index (χ1v) is 13.9. The molecule has 0 spiro atoms. The van der Waals surface area contributed by atoms with Crippen LogP contribution in [0.2, 0.25) is 0 Å². The summed E-state index contributed by atoms with van der Waals surface area (Å²) < 4.78 is 10.6. The molecule has 0 saturated heterocycles. The molecule has 41 heavy (non-hydrogen) atoms. The Balaban J connectivity index is 2.58. The molecule has 4 N–H and O–H groups in total. The molecule has 0 aliphatic rings. The summed E-state index contributed by atoms with van der Waals surface area (Å²) in [6.45, 7) is 11.1. The maximum absolute atomic E-state index is 14.2. The van der Waals surface area contributed by atoms with Gasteiger partial charge in [0.25, 0.3) is 5.91 Å². The number of methoxy groups -OCH3 is 1. The number of ether oxygens (including phenoxy) is 2. The summed E-state index contributed by atoms with van der Waals surface area (Å²) in [4.78, 5) is 54.2. The first-order chi connectivity index (χ1) is 19.2. The second-order valence-electron chi connectivity index (χ2n) is 11.1. The van der Waals surface area contributed by atoms with Gasteiger partial charge in [-0.2, -0.15) is 0 Å². The number of unbranched alkanes of at least 4 members (excludes halogenated alkanes) is 2. The van der Waals surface area contributed by atoms with E-state index in [4.69, 9.17) is 15.2 Å². The highest BCUT2D eigenvalue weighted by atomic mass is 16.6. The van der Waals surface area contributed by atoms with Gasteiger partial charge >= 0.3 is 6.09 Å². The molecule has 0 saturated carbocycles. The summed E-state index contributed by atoms with van der Waals surface area (Å²) in [5, 5.41) is 5.42. The van der Waals surface area contributed by atoms with E-state index in [0.717, 1.165) is 24.0 Å². The molecule has 0 bridgehead atoms. The highest BCUT2D eigenvalue weighted by Gasteiger charge is 2.37. The minimum atomic E-state index is -1.33. The van der Waals surface area contributed by atoms with Crippen LogP contribution in [0.25, 0.3) is 0 Å². The van der Waals surface area contributed by atoms with Crippen LogP contribution in [-0.2, 0) is 19.1 Å². The van der Waals surface area contributed by atoms with E-state index >= 15 is 0 Å². The minimum Gasteiger partial charge on any atom is -0.497 e. The van der Waals surface area contributed by atoms with Crippen molar-refractivity contribution in [2.45, 2.75) is 84.9 Å². The van der Waals surface area contributed by atoms with Crippen molar-refractivity contribution in [1.29, 1.82) is 0 Å². The lowest BCUT2D eigenvalue weighted by Gasteiger charge is -2.34. The van der Waals surface area contributed by atoms with Crippen molar-refractivity contribution in [3.05, 3.63) is 59.2 Å². The second-order valence-corrected chi connectivity index (χ2v) is 11.1. The number of carbonyl (C=O) groups excluding carboxylic acids is 4. The van der Waals surface area contributed by atoms with E-state index in [1.165, 1.54) is 4.90 Å². The number of benzene rings is 2. The minimum absolute atomic E-state index is 0.214. The van der Waals surface area contributed by atoms with Crippen molar-refractivity contribution in [2.24, 2.45) is 5.73 Å². The summed E-state index contributed by atoms with van der Waals surface area (Å²) in [6.07, 6.45) is 0.978. The van der Waals surface area contributed by atoms with Crippen LogP contribution in [0.15, 0.2) is 42.5 Å². The molecule has 2 atom stereocenters. The van der Waals surface area contributed by atoms with E-state index in [2.05, 4.69) is 10.6 Å². The third-order valence-electron chi connectivity index (χ3n) is 6.16. The highest BCUT2D eigenvalue weighted by Crippen LogP contribution is 2.28. The summed E-state index contributed by atoms with van der Waals surface area (Å²) in [7, 11) is 1.55. The van der Waals surface area contributed by atoms with Crippen LogP contribution in [0.3, 0.4) is 0 Å². The van der Waals surface area contributed by atoms with Crippen molar-refractivity contribution in [3.8, 4) is 5.75 Å². The van der Waals surface area contributed by atoms with E-state index in [-0.39, 0.29) is 6.54 Å². The molecule has 10 heteroatoms. The number of primary amides is 1. The maximum atomic E-state index is 14.2. The van der Waals surface area contributed by atoms with Crippen molar-refractivity contribution in [2.75, 3.05) is 19.0 Å². The topological polar surface area (TPSA) is 140 Å². The van der Waals surface area contributed by atoms with Gasteiger partial charge in [0.05, 0.1) is 13.5 Å². The number of hydrogen-bond acceptors (Lipinski definition) is 6. The Morgan fingerprint density at radius 1 is 0.976 bits per heavy atom. The number of aryl methyl sites for hydroxylation is 2. The Kier molecular flexibility index (Phi) is 12.2. The molecule has 2 aromatic rings. The third kappa shape index (κ3) is 10.8. The van der Waals surface area contributed by atoms with Crippen LogP contribution in [0, 0.1) is 13.8 Å². The average molecular weight is 569 g/mol. The molecular formula is C31H44N4O6. The van der Waals surface area contributed by atoms with Gasteiger partial charge in [0.1, 0.15) is 23.4 Å². The Morgan fingerprint density at radius 3 is 2.10 bits per heavy atom. The third-order valence-corrected chi connectivity index (χ3v) is 6.16. The normalized spacial score (nSPS) is 12.6. The van der Waals surface area contributed by atoms with Crippen molar-refractivity contribution >= 4 is 29.5 Å². The number of amides is 4. The van der Waals surface area contributed by atoms with Crippen LogP contribution in [0.4, 0.5) is 10.5 Å². The fourth-order valence-electron chi connectivity index (χ4n) is 4.48. The zero-order chi connectivity index (χ0) is 30.7. The number of rotatable bonds is 13. The number of nitrogens with two attached hydrogens (primary N) is 1. The zero-order valence-corrected chi connectivity index (χ0v) is 25.2. The van der Waals surface area contributed by atoms with Gasteiger partial charge in [-0.15, -0.1) is 0 Å². The molecule has 10 nitrogen and oxygen atoms in total. The van der Waals surface area contributed by atoms with Crippen LogP contribution in [-0.4, -0.2) is 54.0 Å². The smallest absolute Gasteiger partial charge is 0.408 e. The molecule has 224 valence electrons. The molecule has 0 aliphatic carbocycles. The summed E-state index contributed by atoms with van der Waals surface area (Å²) in [5.74, 6) is -1.20. The van der Waals surface area contributed by atoms with Crippen LogP contribution in [0.1, 0.15) is 76.1 Å². The Bertz CT molecular complexity index is 1190. The number of carbonyl (C=O) groups is 4. The largest absolute Gasteiger partial charge is 0.497 e. The van der Waals surface area contributed by atoms with Gasteiger partial charge in [-0.25, -0.2) is 4.79 Å². The monoisotopic (exact) mass is 568 g/mol. The number of alkyl carbamates (subject to hydrolysis) is 1. The fourth-order valence-corrected chi connectivity index (χ4v) is 4.48. The first-order valence-electron chi connectivity index (χ1n) is 13.9. The number of nitrogens with one attached hydrogen (secondary N) is 2. The molecular weight excluding hydrogens is 524 g/mol. The van der Waals surface area contributed by atoms with Crippen LogP contribution >= 0.6 is 0 Å². The van der Waals surface area contributed by atoms with Gasteiger partial charge < -0.3 is 30.7 Å². The quantitative estimate of drug-likeness (QED) is 0.297. The molecule has 2 aromatic carbocycles. The predicted molar refractivity (Wildman–Crippen MR) is 158 cm³/mol. The summed E-state index contributed by atoms with van der Waals surface area (Å²) in [5.41, 5.74) is 7.61. The van der Waals surface area contributed by atoms with Gasteiger partial charge in [-0.3, -0.25) is 14.4 Å². The molecule has 2 rings (SSSR count). The van der Waals surface area contributed by atoms with E-state index in [1.807, 2.05) is 39.0 Å². The van der Waals surface area contributed by atoms with E-state index in [9.17, 15) is 19.2 Å². The summed E-state index contributed by atoms with van der Waals surface area (Å²) >= 11 is 0. The van der Waals surface area contributed by atoms with Crippen molar-refractivity contribution in [3.63, 3.8) is 0 Å². The molecule has 0 heterocycles. The molecule has 0 radical (unpaired) electrons. The fraction of sp³-hybridized carbons (Fsp3) is 0.484. The Hall–Kier alpha value is -4.08. The van der Waals surface area contributed by atoms with Gasteiger partial charge in [0, 0.05) is 12.2 Å². The number of hydrogen-bond donors (Lipinski definition) is 3. The lowest BCUT2D eigenvalue weighted by molar-refractivity contribution is -0.142. The van der Waals surface area contributed by atoms with Gasteiger partial charge in [-0.05, 0) is 70.9 Å². The summed E-state index contributed by atoms with van der Waals surface area (Å²) in [6, 6.07) is 10.2. The van der Waals surface area contributed by atoms with E-state index < -0.39 is 47.9 Å². The highest BCUT2D eigenvalue weighted by molar-refractivity contribution is 5.99. The molecule has 2 unspecified atom stereocenters. The van der Waals surface area contributed by atoms with Crippen molar-refractivity contribution in [1.82, 2.24) is 10.2 Å². The molecule has 0 fully saturated rings. The van der Waals surface area contributed by atoms with Crippen molar-refractivity contribution < 1.29 is 28.7 Å². The SMILES string of the molecule is CCCCCN(C(=O)C(CC(N)=O)NC(=O)OC(C)(C)C)C(C(=O)Nc1ccc(OC)cc1)c1cc(C)cc(C)c1. The predicted octanol–water partition coefficient (Wildman–Crippen LogP) is 4.78. The first kappa shape index (κ1) is 33.1. The van der Waals surface area contributed by atoms with Gasteiger partial charge in [-0.1, -0.05) is 49.1 Å². The number of anilines is 1. The van der Waals surface area contributed by atoms with Crippen LogP contribution in [0.5, 0.6) is 5.75 Å². The second kappa shape index (κ2) is 15.1. The van der Waals surface area contributed by atoms with E-state index in [1.54, 1.807) is 52.1 Å². The Labute approximate surface area is 242 Å². The molecule has 4 amide bonds. The van der Waals surface area contributed by atoms with Crippen LogP contribution < -0.4 is 21.1 Å². The molecule has 0 aliphatic heterocycles. The standard InChI is InChI=1S/C31H44N4O6/c1-8-9-10-15-35(29(38)25(19-26(32)36)34-30(39)41-31(4,5)6)27(22-17-20(2)16-21(3)18-22)28(37)33-23-11-13-24(40-7)14-12-23/h11-14,16-18,25,27H,8-10,15,19H2,1-7H3,(H2,32,36)(H,33,37)(H,34,39).